The van der Waals surface area contributed by atoms with E-state index in [2.05, 4.69) is 15.3 Å². The number of methoxy groups -OCH3 is 2. The van der Waals surface area contributed by atoms with E-state index in [-0.39, 0.29) is 5.56 Å². The molecule has 7 nitrogen and oxygen atoms in total. The number of hydrogen-bond donors (Lipinski definition) is 2. The zero-order chi connectivity index (χ0) is 17.1. The molecular formula is C17H15N3O4. The zero-order valence-corrected chi connectivity index (χ0v) is 13.1. The topological polar surface area (TPSA) is 93.6 Å². The smallest absolute Gasteiger partial charge is 0.337 e. The van der Waals surface area contributed by atoms with Crippen molar-refractivity contribution in [3.05, 3.63) is 48.2 Å². The number of para-hydroxylation sites is 2. The van der Waals surface area contributed by atoms with Crippen LogP contribution < -0.4 is 14.8 Å². The molecule has 0 aliphatic heterocycles. The Labute approximate surface area is 137 Å². The summed E-state index contributed by atoms with van der Waals surface area (Å²) < 4.78 is 10.4. The highest BCUT2D eigenvalue weighted by Gasteiger charge is 2.17. The molecule has 1 heterocycles. The van der Waals surface area contributed by atoms with E-state index in [1.165, 1.54) is 20.3 Å². The predicted octanol–water partition coefficient (Wildman–Crippen LogP) is 3.09. The minimum atomic E-state index is -1.09. The minimum absolute atomic E-state index is 0.0441. The van der Waals surface area contributed by atoms with Gasteiger partial charge in [-0.2, -0.15) is 0 Å². The number of carbonyl (C=O) groups is 1. The van der Waals surface area contributed by atoms with Gasteiger partial charge in [0.2, 0.25) is 0 Å². The summed E-state index contributed by atoms with van der Waals surface area (Å²) in [5.41, 5.74) is 1.85. The van der Waals surface area contributed by atoms with Crippen LogP contribution >= 0.6 is 0 Å². The third kappa shape index (κ3) is 2.91. The van der Waals surface area contributed by atoms with Gasteiger partial charge in [-0.3, -0.25) is 4.98 Å². The number of fused-ring (bicyclic) bond motifs is 1. The zero-order valence-electron chi connectivity index (χ0n) is 13.1. The highest BCUT2D eigenvalue weighted by atomic mass is 16.5. The van der Waals surface area contributed by atoms with Crippen molar-refractivity contribution >= 4 is 28.5 Å². The van der Waals surface area contributed by atoms with Crippen LogP contribution in [0.5, 0.6) is 11.5 Å². The fraction of sp³-hybridized carbons (Fsp3) is 0.118. The Morgan fingerprint density at radius 2 is 1.75 bits per heavy atom. The Morgan fingerprint density at radius 3 is 2.42 bits per heavy atom. The maximum absolute atomic E-state index is 11.5. The number of benzene rings is 2. The molecule has 0 atom stereocenters. The SMILES string of the molecule is COc1cc(Nc2cnc3ccccc3n2)c(C(=O)O)cc1OC. The number of ether oxygens (including phenoxy) is 2. The third-order valence-corrected chi connectivity index (χ3v) is 3.47. The summed E-state index contributed by atoms with van der Waals surface area (Å²) in [5.74, 6) is 0.0967. The molecule has 7 heteroatoms. The molecule has 24 heavy (non-hydrogen) atoms. The first-order chi connectivity index (χ1) is 11.6. The van der Waals surface area contributed by atoms with Crippen molar-refractivity contribution in [1.29, 1.82) is 0 Å². The lowest BCUT2D eigenvalue weighted by Crippen LogP contribution is -2.05. The molecule has 3 rings (SSSR count). The Kier molecular flexibility index (Phi) is 4.15. The van der Waals surface area contributed by atoms with Gasteiger partial charge in [0, 0.05) is 12.1 Å². The van der Waals surface area contributed by atoms with E-state index < -0.39 is 5.97 Å². The number of hydrogen-bond acceptors (Lipinski definition) is 6. The van der Waals surface area contributed by atoms with Gasteiger partial charge in [-0.15, -0.1) is 0 Å². The van der Waals surface area contributed by atoms with Crippen molar-refractivity contribution in [2.75, 3.05) is 19.5 Å². The number of carboxylic acid groups (broad SMARTS) is 1. The summed E-state index contributed by atoms with van der Waals surface area (Å²) in [4.78, 5) is 20.2. The first kappa shape index (κ1) is 15.5. The Balaban J connectivity index is 2.05. The summed E-state index contributed by atoms with van der Waals surface area (Å²) in [6, 6.07) is 10.4. The standard InChI is InChI=1S/C17H15N3O4/c1-23-14-7-10(17(21)22)13(8-15(14)24-2)20-16-9-18-11-5-3-4-6-12(11)19-16/h3-9H,1-2H3,(H,19,20)(H,21,22). The largest absolute Gasteiger partial charge is 0.493 e. The average Bonchev–Trinajstić information content (AvgIpc) is 2.61. The monoisotopic (exact) mass is 325 g/mol. The van der Waals surface area contributed by atoms with Crippen molar-refractivity contribution in [3.63, 3.8) is 0 Å². The van der Waals surface area contributed by atoms with Crippen LogP contribution in [0.25, 0.3) is 11.0 Å². The molecule has 0 saturated carbocycles. The van der Waals surface area contributed by atoms with E-state index >= 15 is 0 Å². The van der Waals surface area contributed by atoms with Crippen molar-refractivity contribution < 1.29 is 19.4 Å². The lowest BCUT2D eigenvalue weighted by molar-refractivity contribution is 0.0697. The van der Waals surface area contributed by atoms with Crippen molar-refractivity contribution in [2.24, 2.45) is 0 Å². The fourth-order valence-electron chi connectivity index (χ4n) is 2.31. The van der Waals surface area contributed by atoms with E-state index in [0.29, 0.717) is 28.5 Å². The molecule has 0 fully saturated rings. The number of carboxylic acids is 1. The first-order valence-electron chi connectivity index (χ1n) is 7.10. The fourth-order valence-corrected chi connectivity index (χ4v) is 2.31. The van der Waals surface area contributed by atoms with E-state index in [1.807, 2.05) is 24.3 Å². The molecule has 0 aliphatic rings. The number of rotatable bonds is 5. The van der Waals surface area contributed by atoms with Gasteiger partial charge >= 0.3 is 5.97 Å². The van der Waals surface area contributed by atoms with Crippen molar-refractivity contribution in [3.8, 4) is 11.5 Å². The summed E-state index contributed by atoms with van der Waals surface area (Å²) >= 11 is 0. The van der Waals surface area contributed by atoms with Gasteiger partial charge in [0.25, 0.3) is 0 Å². The van der Waals surface area contributed by atoms with E-state index in [0.717, 1.165) is 5.52 Å². The van der Waals surface area contributed by atoms with Crippen LogP contribution in [-0.2, 0) is 0 Å². The lowest BCUT2D eigenvalue weighted by atomic mass is 10.1. The van der Waals surface area contributed by atoms with Crippen LogP contribution in [0.1, 0.15) is 10.4 Å². The van der Waals surface area contributed by atoms with Gasteiger partial charge in [0.15, 0.2) is 11.5 Å². The highest BCUT2D eigenvalue weighted by Crippen LogP contribution is 2.34. The van der Waals surface area contributed by atoms with E-state index in [4.69, 9.17) is 9.47 Å². The second kappa shape index (κ2) is 6.41. The summed E-state index contributed by atoms with van der Waals surface area (Å²) in [6.45, 7) is 0. The summed E-state index contributed by atoms with van der Waals surface area (Å²) in [5, 5.41) is 12.4. The van der Waals surface area contributed by atoms with Gasteiger partial charge in [-0.05, 0) is 12.1 Å². The van der Waals surface area contributed by atoms with Crippen LogP contribution in [0.2, 0.25) is 0 Å². The van der Waals surface area contributed by atoms with Gasteiger partial charge in [-0.1, -0.05) is 12.1 Å². The molecule has 0 bridgehead atoms. The molecule has 2 aromatic carbocycles. The second-order valence-electron chi connectivity index (χ2n) is 4.93. The van der Waals surface area contributed by atoms with Crippen LogP contribution in [0.15, 0.2) is 42.6 Å². The Hall–Kier alpha value is -3.35. The van der Waals surface area contributed by atoms with E-state index in [1.54, 1.807) is 12.3 Å². The maximum Gasteiger partial charge on any atom is 0.337 e. The molecule has 122 valence electrons. The van der Waals surface area contributed by atoms with Gasteiger partial charge in [-0.25, -0.2) is 9.78 Å². The predicted molar refractivity (Wildman–Crippen MR) is 89.3 cm³/mol. The molecule has 3 aromatic rings. The lowest BCUT2D eigenvalue weighted by Gasteiger charge is -2.14. The van der Waals surface area contributed by atoms with Gasteiger partial charge in [0.1, 0.15) is 5.82 Å². The highest BCUT2D eigenvalue weighted by molar-refractivity contribution is 5.96. The number of anilines is 2. The molecule has 0 spiro atoms. The van der Waals surface area contributed by atoms with Crippen LogP contribution in [0.4, 0.5) is 11.5 Å². The second-order valence-corrected chi connectivity index (χ2v) is 4.93. The molecule has 1 aromatic heterocycles. The average molecular weight is 325 g/mol. The summed E-state index contributed by atoms with van der Waals surface area (Å²) in [6.07, 6.45) is 1.55. The molecular weight excluding hydrogens is 310 g/mol. The first-order valence-corrected chi connectivity index (χ1v) is 7.10. The molecule has 0 aliphatic carbocycles. The molecule has 0 unspecified atom stereocenters. The number of nitrogens with zero attached hydrogens (tertiary/aromatic N) is 2. The third-order valence-electron chi connectivity index (χ3n) is 3.47. The maximum atomic E-state index is 11.5. The normalized spacial score (nSPS) is 10.4. The van der Waals surface area contributed by atoms with Crippen molar-refractivity contribution in [1.82, 2.24) is 9.97 Å². The quantitative estimate of drug-likeness (QED) is 0.744. The number of aromatic nitrogens is 2. The van der Waals surface area contributed by atoms with Crippen LogP contribution in [0, 0.1) is 0 Å². The minimum Gasteiger partial charge on any atom is -0.493 e. The number of aromatic carboxylic acids is 1. The summed E-state index contributed by atoms with van der Waals surface area (Å²) in [7, 11) is 2.93. The Bertz CT molecular complexity index is 911. The van der Waals surface area contributed by atoms with Crippen LogP contribution in [0.3, 0.4) is 0 Å². The van der Waals surface area contributed by atoms with Gasteiger partial charge < -0.3 is 19.9 Å². The Morgan fingerprint density at radius 1 is 1.08 bits per heavy atom. The molecule has 0 radical (unpaired) electrons. The molecule has 2 N–H and O–H groups in total. The van der Waals surface area contributed by atoms with Gasteiger partial charge in [0.05, 0.1) is 42.7 Å². The van der Waals surface area contributed by atoms with E-state index in [9.17, 15) is 9.90 Å². The molecule has 0 saturated heterocycles. The van der Waals surface area contributed by atoms with Crippen molar-refractivity contribution in [2.45, 2.75) is 0 Å². The molecule has 0 amide bonds. The number of nitrogens with one attached hydrogen (secondary N) is 1. The van der Waals surface area contributed by atoms with Crippen LogP contribution in [-0.4, -0.2) is 35.3 Å².